The molecular weight excluding hydrogens is 1100 g/mol. The van der Waals surface area contributed by atoms with Gasteiger partial charge in [0.25, 0.3) is 0 Å². The van der Waals surface area contributed by atoms with Gasteiger partial charge in [0.15, 0.2) is 18.8 Å². The Morgan fingerprint density at radius 3 is 0.750 bits per heavy atom. The van der Waals surface area contributed by atoms with Crippen LogP contribution in [0.2, 0.25) is 0 Å². The van der Waals surface area contributed by atoms with Gasteiger partial charge >= 0.3 is 23.9 Å². The van der Waals surface area contributed by atoms with Gasteiger partial charge in [-0.15, -0.1) is 0 Å². The van der Waals surface area contributed by atoms with E-state index in [0.29, 0.717) is 25.7 Å². The number of carbonyl (C=O) groups is 5. The van der Waals surface area contributed by atoms with Gasteiger partial charge in [-0.1, -0.05) is 360 Å². The van der Waals surface area contributed by atoms with Gasteiger partial charge in [0.05, 0.1) is 6.61 Å². The van der Waals surface area contributed by atoms with E-state index in [1.54, 1.807) is 24.3 Å². The highest BCUT2D eigenvalue weighted by Gasteiger charge is 2.42. The number of allylic oxidation sites excluding steroid dienone is 4. The lowest BCUT2D eigenvalue weighted by Crippen LogP contribution is -2.51. The first-order valence-corrected chi connectivity index (χ1v) is 37.8. The van der Waals surface area contributed by atoms with Crippen molar-refractivity contribution in [1.29, 1.82) is 0 Å². The zero-order valence-corrected chi connectivity index (χ0v) is 58.0. The van der Waals surface area contributed by atoms with E-state index in [9.17, 15) is 29.1 Å². The average Bonchev–Trinajstić information content (AvgIpc) is 3.66. The summed E-state index contributed by atoms with van der Waals surface area (Å²) in [6.07, 6.45) is 73.7. The Bertz CT molecular complexity index is 1680. The van der Waals surface area contributed by atoms with Crippen LogP contribution in [0.4, 0.5) is 0 Å². The van der Waals surface area contributed by atoms with Gasteiger partial charge in [-0.2, -0.15) is 0 Å². The maximum absolute atomic E-state index is 14.2. The minimum Gasteiger partial charge on any atom is -0.454 e. The summed E-state index contributed by atoms with van der Waals surface area (Å²) < 4.78 is 22.8. The van der Waals surface area contributed by atoms with Crippen LogP contribution in [-0.4, -0.2) is 66.3 Å². The zero-order chi connectivity index (χ0) is 64.1. The first-order chi connectivity index (χ1) is 43.2. The smallest absolute Gasteiger partial charge is 0.331 e. The summed E-state index contributed by atoms with van der Waals surface area (Å²) in [7, 11) is 0. The quantitative estimate of drug-likeness (QED) is 0.0271. The zero-order valence-electron chi connectivity index (χ0n) is 58.0. The number of unbranched alkanes of at least 4 members (excludes halogenated alkanes) is 52. The van der Waals surface area contributed by atoms with E-state index in [2.05, 4.69) is 27.7 Å². The normalized spacial score (nSPS) is 12.9. The first kappa shape index (κ1) is 84.5. The molecule has 0 aromatic heterocycles. The summed E-state index contributed by atoms with van der Waals surface area (Å²) in [6, 6.07) is 0. The monoisotopic (exact) mass is 1240 g/mol. The predicted octanol–water partition coefficient (Wildman–Crippen LogP) is 23.0. The molecule has 0 unspecified atom stereocenters. The SMILES string of the molecule is CCCCCCCCCCCCCCC/C=C/C(=O)OCC(=O)[C@H](OC(=O)/C=C/CCCCCCCCCCCCCCC)[C@@H](OC(=O)/C=C/CCCCCCCCCCCCCCC)[C@@H](CO)OC(=O)/C=C/CCCCCCCCCCCCCCC. The van der Waals surface area contributed by atoms with E-state index in [4.69, 9.17) is 18.9 Å². The molecule has 0 aliphatic heterocycles. The van der Waals surface area contributed by atoms with Crippen LogP contribution in [-0.2, 0) is 42.9 Å². The molecule has 0 aliphatic rings. The second-order valence-electron chi connectivity index (χ2n) is 25.7. The van der Waals surface area contributed by atoms with Crippen molar-refractivity contribution in [3.8, 4) is 0 Å². The van der Waals surface area contributed by atoms with E-state index in [1.807, 2.05) is 0 Å². The minimum atomic E-state index is -1.88. The second kappa shape index (κ2) is 69.4. The molecule has 0 amide bonds. The number of hydrogen-bond acceptors (Lipinski definition) is 10. The Balaban J connectivity index is 5.91. The summed E-state index contributed by atoms with van der Waals surface area (Å²) in [5, 5.41) is 10.8. The molecule has 0 rings (SSSR count). The van der Waals surface area contributed by atoms with Crippen LogP contribution in [0, 0.1) is 0 Å². The largest absolute Gasteiger partial charge is 0.454 e. The Morgan fingerprint density at radius 2 is 0.500 bits per heavy atom. The Hall–Kier alpha value is -3.53. The van der Waals surface area contributed by atoms with Crippen LogP contribution in [0.5, 0.6) is 0 Å². The van der Waals surface area contributed by atoms with Crippen LogP contribution in [0.1, 0.15) is 387 Å². The van der Waals surface area contributed by atoms with E-state index >= 15 is 0 Å². The highest BCUT2D eigenvalue weighted by atomic mass is 16.6. The van der Waals surface area contributed by atoms with Gasteiger partial charge in [0.1, 0.15) is 0 Å². The van der Waals surface area contributed by atoms with Gasteiger partial charge < -0.3 is 24.1 Å². The van der Waals surface area contributed by atoms with Crippen LogP contribution in [0.15, 0.2) is 48.6 Å². The summed E-state index contributed by atoms with van der Waals surface area (Å²) in [6.45, 7) is 7.35. The lowest BCUT2D eigenvalue weighted by molar-refractivity contribution is -0.186. The maximum atomic E-state index is 14.2. The van der Waals surface area contributed by atoms with Crippen LogP contribution in [0.25, 0.3) is 0 Å². The molecule has 10 heteroatoms. The van der Waals surface area contributed by atoms with E-state index < -0.39 is 61.2 Å². The third-order valence-corrected chi connectivity index (χ3v) is 17.2. The Kier molecular flexibility index (Phi) is 66.6. The molecule has 0 heterocycles. The molecule has 0 fully saturated rings. The van der Waals surface area contributed by atoms with Gasteiger partial charge in [-0.25, -0.2) is 19.2 Å². The summed E-state index contributed by atoms with van der Waals surface area (Å²) in [5.74, 6) is -4.17. The number of esters is 4. The van der Waals surface area contributed by atoms with E-state index in [0.717, 1.165) is 77.0 Å². The fourth-order valence-electron chi connectivity index (χ4n) is 11.5. The van der Waals surface area contributed by atoms with Crippen molar-refractivity contribution in [3.05, 3.63) is 48.6 Å². The van der Waals surface area contributed by atoms with Crippen LogP contribution < -0.4 is 0 Å². The number of rotatable bonds is 69. The lowest BCUT2D eigenvalue weighted by atomic mass is 10.0. The summed E-state index contributed by atoms with van der Waals surface area (Å²) >= 11 is 0. The maximum Gasteiger partial charge on any atom is 0.331 e. The lowest BCUT2D eigenvalue weighted by Gasteiger charge is -2.30. The van der Waals surface area contributed by atoms with Crippen molar-refractivity contribution in [3.63, 3.8) is 0 Å². The van der Waals surface area contributed by atoms with Gasteiger partial charge in [-0.05, 0) is 51.4 Å². The number of ketones is 1. The number of Topliss-reactive ketones (excluding diaryl/α,β-unsaturated/α-hetero) is 1. The van der Waals surface area contributed by atoms with Crippen molar-refractivity contribution >= 4 is 29.7 Å². The molecule has 0 aromatic rings. The highest BCUT2D eigenvalue weighted by molar-refractivity contribution is 5.92. The molecule has 10 nitrogen and oxygen atoms in total. The van der Waals surface area contributed by atoms with Crippen molar-refractivity contribution in [1.82, 2.24) is 0 Å². The molecule has 1 N–H and O–H groups in total. The fraction of sp³-hybridized carbons (Fsp3) is 0.833. The molecule has 512 valence electrons. The van der Waals surface area contributed by atoms with Gasteiger partial charge in [0.2, 0.25) is 11.9 Å². The highest BCUT2D eigenvalue weighted by Crippen LogP contribution is 2.21. The number of carbonyl (C=O) groups excluding carboxylic acids is 5. The van der Waals surface area contributed by atoms with Crippen molar-refractivity contribution in [2.24, 2.45) is 0 Å². The molecule has 0 radical (unpaired) electrons. The molecule has 0 spiro atoms. The number of aliphatic hydroxyl groups excluding tert-OH is 1. The first-order valence-electron chi connectivity index (χ1n) is 37.8. The van der Waals surface area contributed by atoms with Crippen molar-refractivity contribution < 1.29 is 48.0 Å². The van der Waals surface area contributed by atoms with Gasteiger partial charge in [-0.3, -0.25) is 4.79 Å². The van der Waals surface area contributed by atoms with Crippen LogP contribution >= 0.6 is 0 Å². The van der Waals surface area contributed by atoms with E-state index in [1.165, 1.54) is 281 Å². The summed E-state index contributed by atoms with van der Waals surface area (Å²) in [4.78, 5) is 67.9. The topological polar surface area (TPSA) is 143 Å². The molecule has 3 atom stereocenters. The molecule has 0 aliphatic carbocycles. The standard InChI is InChI=1S/C78H140O10/c1-5-9-13-17-21-25-29-33-37-41-45-49-53-57-61-65-73(81)85-70-71(80)77(87-75(83)67-63-59-55-51-47-43-39-35-31-27-23-19-15-11-7-3)78(88-76(84)68-64-60-56-52-48-44-40-36-32-28-24-20-16-12-8-4)72(69-79)86-74(82)66-62-58-54-50-46-42-38-34-30-26-22-18-14-10-6-2/h61-68,72,77-79H,5-60,69-70H2,1-4H3/b65-61+,66-62+,67-63+,68-64+/t72-,77+,78+/m1/s1. The van der Waals surface area contributed by atoms with E-state index in [-0.39, 0.29) is 0 Å². The number of ether oxygens (including phenoxy) is 4. The number of hydrogen-bond donors (Lipinski definition) is 1. The predicted molar refractivity (Wildman–Crippen MR) is 370 cm³/mol. The molecule has 0 aromatic carbocycles. The second-order valence-corrected chi connectivity index (χ2v) is 25.7. The number of aliphatic hydroxyl groups is 1. The minimum absolute atomic E-state index is 0.625. The molecule has 0 saturated carbocycles. The molecule has 0 saturated heterocycles. The molecule has 88 heavy (non-hydrogen) atoms. The van der Waals surface area contributed by atoms with Crippen molar-refractivity contribution in [2.45, 2.75) is 406 Å². The molecular formula is C78H140O10. The van der Waals surface area contributed by atoms with Gasteiger partial charge in [0, 0.05) is 24.3 Å². The summed E-state index contributed by atoms with van der Waals surface area (Å²) in [5.41, 5.74) is 0. The fourth-order valence-corrected chi connectivity index (χ4v) is 11.5. The van der Waals surface area contributed by atoms with Crippen LogP contribution in [0.3, 0.4) is 0 Å². The third kappa shape index (κ3) is 60.1. The van der Waals surface area contributed by atoms with Crippen molar-refractivity contribution in [2.75, 3.05) is 13.2 Å². The third-order valence-electron chi connectivity index (χ3n) is 17.2. The Morgan fingerprint density at radius 1 is 0.284 bits per heavy atom. The average molecular weight is 1240 g/mol. The molecule has 0 bridgehead atoms. The Labute approximate surface area is 542 Å².